The molecule has 0 heterocycles. The van der Waals surface area contributed by atoms with Gasteiger partial charge in [-0.25, -0.2) is 5.06 Å². The van der Waals surface area contributed by atoms with Crippen molar-refractivity contribution < 1.29 is 4.84 Å². The van der Waals surface area contributed by atoms with Crippen molar-refractivity contribution in [1.29, 1.82) is 0 Å². The highest BCUT2D eigenvalue weighted by Gasteiger charge is 2.08. The molecular weight excluding hydrogens is 210 g/mol. The van der Waals surface area contributed by atoms with Crippen molar-refractivity contribution in [2.24, 2.45) is 0 Å². The van der Waals surface area contributed by atoms with Gasteiger partial charge in [0.15, 0.2) is 0 Å². The molecule has 0 unspecified atom stereocenters. The lowest BCUT2D eigenvalue weighted by atomic mass is 10.2. The molecular formula is C15H17NO. The van der Waals surface area contributed by atoms with Gasteiger partial charge in [-0.1, -0.05) is 43.3 Å². The summed E-state index contributed by atoms with van der Waals surface area (Å²) in [6.07, 6.45) is 0.996. The van der Waals surface area contributed by atoms with E-state index in [1.165, 1.54) is 0 Å². The second-order valence-electron chi connectivity index (χ2n) is 3.80. The van der Waals surface area contributed by atoms with Crippen molar-refractivity contribution in [2.75, 3.05) is 11.7 Å². The van der Waals surface area contributed by atoms with Crippen LogP contribution in [0.1, 0.15) is 13.3 Å². The van der Waals surface area contributed by atoms with Gasteiger partial charge in [-0.3, -0.25) is 4.84 Å². The molecule has 0 radical (unpaired) electrons. The van der Waals surface area contributed by atoms with E-state index in [1.54, 1.807) is 0 Å². The van der Waals surface area contributed by atoms with Crippen LogP contribution in [0.2, 0.25) is 0 Å². The summed E-state index contributed by atoms with van der Waals surface area (Å²) in [5.41, 5.74) is 2.10. The van der Waals surface area contributed by atoms with E-state index < -0.39 is 0 Å². The average Bonchev–Trinajstić information content (AvgIpc) is 2.42. The van der Waals surface area contributed by atoms with Gasteiger partial charge in [0.05, 0.1) is 18.0 Å². The van der Waals surface area contributed by atoms with Crippen LogP contribution in [0.25, 0.3) is 0 Å². The van der Waals surface area contributed by atoms with E-state index in [4.69, 9.17) is 4.84 Å². The van der Waals surface area contributed by atoms with Crippen LogP contribution in [0.3, 0.4) is 0 Å². The zero-order chi connectivity index (χ0) is 11.9. The Kier molecular flexibility index (Phi) is 4.17. The third kappa shape index (κ3) is 3.08. The van der Waals surface area contributed by atoms with Crippen molar-refractivity contribution in [1.82, 2.24) is 0 Å². The third-order valence-corrected chi connectivity index (χ3v) is 2.41. The zero-order valence-corrected chi connectivity index (χ0v) is 10.0. The summed E-state index contributed by atoms with van der Waals surface area (Å²) in [5, 5.41) is 1.88. The third-order valence-electron chi connectivity index (χ3n) is 2.41. The Balaban J connectivity index is 2.26. The highest BCUT2D eigenvalue weighted by Crippen LogP contribution is 2.24. The van der Waals surface area contributed by atoms with Gasteiger partial charge in [-0.05, 0) is 30.7 Å². The zero-order valence-electron chi connectivity index (χ0n) is 10.0. The molecule has 0 aromatic heterocycles. The maximum atomic E-state index is 5.80. The standard InChI is InChI=1S/C15H17NO/c1-2-13-17-16(14-9-5-3-6-10-14)15-11-7-4-8-12-15/h3-12H,2,13H2,1H3. The van der Waals surface area contributed by atoms with E-state index in [-0.39, 0.29) is 0 Å². The summed E-state index contributed by atoms with van der Waals surface area (Å²) < 4.78 is 0. The highest BCUT2D eigenvalue weighted by molar-refractivity contribution is 5.59. The van der Waals surface area contributed by atoms with Crippen LogP contribution in [0.4, 0.5) is 11.4 Å². The van der Waals surface area contributed by atoms with E-state index in [0.717, 1.165) is 17.8 Å². The number of nitrogens with zero attached hydrogens (tertiary/aromatic N) is 1. The van der Waals surface area contributed by atoms with E-state index in [9.17, 15) is 0 Å². The van der Waals surface area contributed by atoms with E-state index in [2.05, 4.69) is 6.92 Å². The van der Waals surface area contributed by atoms with Gasteiger partial charge < -0.3 is 0 Å². The van der Waals surface area contributed by atoms with Crippen LogP contribution < -0.4 is 5.06 Å². The topological polar surface area (TPSA) is 12.5 Å². The largest absolute Gasteiger partial charge is 0.269 e. The Morgan fingerprint density at radius 2 is 1.29 bits per heavy atom. The number of rotatable bonds is 5. The van der Waals surface area contributed by atoms with Crippen molar-refractivity contribution in [3.05, 3.63) is 60.7 Å². The molecule has 0 N–H and O–H groups in total. The monoisotopic (exact) mass is 227 g/mol. The molecule has 0 spiro atoms. The van der Waals surface area contributed by atoms with Crippen molar-refractivity contribution >= 4 is 11.4 Å². The van der Waals surface area contributed by atoms with Gasteiger partial charge in [0.2, 0.25) is 0 Å². The molecule has 0 fully saturated rings. The van der Waals surface area contributed by atoms with Crippen LogP contribution in [0.15, 0.2) is 60.7 Å². The van der Waals surface area contributed by atoms with Crippen LogP contribution in [-0.2, 0) is 4.84 Å². The first-order valence-electron chi connectivity index (χ1n) is 5.95. The molecule has 0 saturated carbocycles. The molecule has 88 valence electrons. The maximum absolute atomic E-state index is 5.80. The Morgan fingerprint density at radius 1 is 0.824 bits per heavy atom. The van der Waals surface area contributed by atoms with Crippen molar-refractivity contribution in [3.63, 3.8) is 0 Å². The highest BCUT2D eigenvalue weighted by atomic mass is 16.7. The molecule has 0 aliphatic carbocycles. The molecule has 17 heavy (non-hydrogen) atoms. The maximum Gasteiger partial charge on any atom is 0.0750 e. The minimum atomic E-state index is 0.712. The molecule has 2 aromatic carbocycles. The summed E-state index contributed by atoms with van der Waals surface area (Å²) in [4.78, 5) is 5.80. The summed E-state index contributed by atoms with van der Waals surface area (Å²) in [5.74, 6) is 0. The lowest BCUT2D eigenvalue weighted by molar-refractivity contribution is 0.136. The van der Waals surface area contributed by atoms with Gasteiger partial charge in [-0.15, -0.1) is 0 Å². The fourth-order valence-electron chi connectivity index (χ4n) is 1.61. The van der Waals surface area contributed by atoms with E-state index >= 15 is 0 Å². The summed E-state index contributed by atoms with van der Waals surface area (Å²) in [7, 11) is 0. The van der Waals surface area contributed by atoms with Crippen molar-refractivity contribution in [3.8, 4) is 0 Å². The Hall–Kier alpha value is -1.80. The molecule has 2 heteroatoms. The average molecular weight is 227 g/mol. The van der Waals surface area contributed by atoms with Crippen LogP contribution in [0.5, 0.6) is 0 Å². The Bertz CT molecular complexity index is 388. The minimum absolute atomic E-state index is 0.712. The fourth-order valence-corrected chi connectivity index (χ4v) is 1.61. The summed E-state index contributed by atoms with van der Waals surface area (Å²) >= 11 is 0. The van der Waals surface area contributed by atoms with Gasteiger partial charge in [0.25, 0.3) is 0 Å². The summed E-state index contributed by atoms with van der Waals surface area (Å²) in [6, 6.07) is 20.2. The fraction of sp³-hybridized carbons (Fsp3) is 0.200. The van der Waals surface area contributed by atoms with Crippen LogP contribution in [-0.4, -0.2) is 6.61 Å². The molecule has 2 aromatic rings. The SMILES string of the molecule is CCCON(c1ccccc1)c1ccccc1. The van der Waals surface area contributed by atoms with Gasteiger partial charge in [-0.2, -0.15) is 0 Å². The van der Waals surface area contributed by atoms with Gasteiger partial charge in [0.1, 0.15) is 0 Å². The second-order valence-corrected chi connectivity index (χ2v) is 3.80. The first kappa shape index (κ1) is 11.7. The number of hydrogen-bond acceptors (Lipinski definition) is 2. The quantitative estimate of drug-likeness (QED) is 0.711. The van der Waals surface area contributed by atoms with Crippen molar-refractivity contribution in [2.45, 2.75) is 13.3 Å². The Labute approximate surface area is 102 Å². The predicted octanol–water partition coefficient (Wildman–Crippen LogP) is 4.17. The number of anilines is 2. The predicted molar refractivity (Wildman–Crippen MR) is 71.3 cm³/mol. The van der Waals surface area contributed by atoms with Gasteiger partial charge in [0, 0.05) is 0 Å². The van der Waals surface area contributed by atoms with Crippen LogP contribution in [0, 0.1) is 0 Å². The molecule has 2 nitrogen and oxygen atoms in total. The molecule has 0 atom stereocenters. The van der Waals surface area contributed by atoms with E-state index in [0.29, 0.717) is 6.61 Å². The molecule has 0 saturated heterocycles. The number of hydrogen-bond donors (Lipinski definition) is 0. The normalized spacial score (nSPS) is 10.2. The smallest absolute Gasteiger partial charge is 0.0750 e. The van der Waals surface area contributed by atoms with Crippen LogP contribution >= 0.6 is 0 Å². The Morgan fingerprint density at radius 3 is 1.71 bits per heavy atom. The molecule has 0 bridgehead atoms. The summed E-state index contributed by atoms with van der Waals surface area (Å²) in [6.45, 7) is 2.82. The first-order chi connectivity index (χ1) is 8.42. The molecule has 0 amide bonds. The van der Waals surface area contributed by atoms with E-state index in [1.807, 2.05) is 65.7 Å². The lowest BCUT2D eigenvalue weighted by Crippen LogP contribution is -2.17. The minimum Gasteiger partial charge on any atom is -0.269 e. The number of para-hydroxylation sites is 2. The van der Waals surface area contributed by atoms with Gasteiger partial charge >= 0.3 is 0 Å². The second kappa shape index (κ2) is 6.06. The number of benzene rings is 2. The first-order valence-corrected chi connectivity index (χ1v) is 5.95. The molecule has 2 rings (SSSR count). The molecule has 0 aliphatic rings. The molecule has 0 aliphatic heterocycles. The lowest BCUT2D eigenvalue weighted by Gasteiger charge is -2.23.